The molecule has 0 saturated carbocycles. The second-order valence-corrected chi connectivity index (χ2v) is 6.51. The number of ketones is 1. The second-order valence-electron chi connectivity index (χ2n) is 6.07. The summed E-state index contributed by atoms with van der Waals surface area (Å²) in [5, 5.41) is 2.97. The number of halogens is 2. The van der Waals surface area contributed by atoms with Crippen LogP contribution in [-0.2, 0) is 6.54 Å². The zero-order valence-electron chi connectivity index (χ0n) is 14.3. The topological polar surface area (TPSA) is 33.8 Å². The van der Waals surface area contributed by atoms with E-state index >= 15 is 0 Å². The Morgan fingerprint density at radius 2 is 1.67 bits per heavy atom. The highest BCUT2D eigenvalue weighted by molar-refractivity contribution is 6.30. The fourth-order valence-corrected chi connectivity index (χ4v) is 3.10. The van der Waals surface area contributed by atoms with Crippen LogP contribution in [0.15, 0.2) is 85.3 Å². The number of benzene rings is 3. The van der Waals surface area contributed by atoms with Gasteiger partial charge in [0.15, 0.2) is 12.2 Å². The maximum Gasteiger partial charge on any atom is 0.287 e. The molecule has 0 amide bonds. The second kappa shape index (κ2) is 8.42. The summed E-state index contributed by atoms with van der Waals surface area (Å²) < 4.78 is 1.78. The number of nitrogens with zero attached hydrogens (tertiary/aromatic N) is 2. The SMILES string of the molecule is O=C(C[n+]1ccc(-c2cccc3ccccc23)nc1)c1ccc(Cl)cc1.[Br-]. The molecule has 0 spiro atoms. The highest BCUT2D eigenvalue weighted by Crippen LogP contribution is 2.26. The number of carbonyl (C=O) groups is 1. The molecule has 134 valence electrons. The van der Waals surface area contributed by atoms with Crippen molar-refractivity contribution in [2.24, 2.45) is 0 Å². The van der Waals surface area contributed by atoms with E-state index in [-0.39, 0.29) is 29.3 Å². The molecule has 0 N–H and O–H groups in total. The van der Waals surface area contributed by atoms with Gasteiger partial charge in [-0.3, -0.25) is 4.79 Å². The van der Waals surface area contributed by atoms with Crippen LogP contribution in [0.5, 0.6) is 0 Å². The summed E-state index contributed by atoms with van der Waals surface area (Å²) >= 11 is 5.87. The minimum Gasteiger partial charge on any atom is -1.00 e. The minimum absolute atomic E-state index is 0. The molecule has 3 aromatic carbocycles. The quantitative estimate of drug-likeness (QED) is 0.358. The van der Waals surface area contributed by atoms with Crippen molar-refractivity contribution in [3.05, 3.63) is 95.9 Å². The van der Waals surface area contributed by atoms with Crippen LogP contribution in [0, 0.1) is 0 Å². The third-order valence-corrected chi connectivity index (χ3v) is 4.58. The van der Waals surface area contributed by atoms with E-state index < -0.39 is 0 Å². The van der Waals surface area contributed by atoms with E-state index in [1.807, 2.05) is 30.5 Å². The number of aromatic nitrogens is 2. The summed E-state index contributed by atoms with van der Waals surface area (Å²) in [6.07, 6.45) is 3.59. The van der Waals surface area contributed by atoms with Crippen molar-refractivity contribution >= 4 is 28.2 Å². The van der Waals surface area contributed by atoms with Gasteiger partial charge in [-0.15, -0.1) is 0 Å². The molecular weight excluding hydrogens is 424 g/mol. The largest absolute Gasteiger partial charge is 1.00 e. The van der Waals surface area contributed by atoms with Gasteiger partial charge in [-0.05, 0) is 46.1 Å². The van der Waals surface area contributed by atoms with Gasteiger partial charge in [-0.1, -0.05) is 48.0 Å². The predicted octanol–water partition coefficient (Wildman–Crippen LogP) is 1.73. The summed E-state index contributed by atoms with van der Waals surface area (Å²) in [6.45, 7) is 0.241. The van der Waals surface area contributed by atoms with E-state index in [4.69, 9.17) is 11.6 Å². The lowest BCUT2D eigenvalue weighted by molar-refractivity contribution is -0.686. The number of fused-ring (bicyclic) bond motifs is 1. The zero-order valence-corrected chi connectivity index (χ0v) is 16.7. The minimum atomic E-state index is 0. The lowest BCUT2D eigenvalue weighted by atomic mass is 10.0. The molecule has 0 fully saturated rings. The Bertz CT molecular complexity index is 1070. The van der Waals surface area contributed by atoms with Gasteiger partial charge in [0.1, 0.15) is 0 Å². The Hall–Kier alpha value is -2.56. The molecule has 1 heterocycles. The van der Waals surface area contributed by atoms with Crippen LogP contribution in [0.4, 0.5) is 0 Å². The summed E-state index contributed by atoms with van der Waals surface area (Å²) in [7, 11) is 0. The Labute approximate surface area is 173 Å². The van der Waals surface area contributed by atoms with E-state index in [9.17, 15) is 4.79 Å². The molecule has 0 saturated heterocycles. The molecule has 0 aliphatic carbocycles. The smallest absolute Gasteiger partial charge is 0.287 e. The summed E-state index contributed by atoms with van der Waals surface area (Å²) in [4.78, 5) is 16.9. The van der Waals surface area contributed by atoms with Crippen LogP contribution < -0.4 is 21.5 Å². The molecule has 0 unspecified atom stereocenters. The maximum absolute atomic E-state index is 12.4. The molecule has 3 nitrogen and oxygen atoms in total. The van der Waals surface area contributed by atoms with Gasteiger partial charge in [-0.2, -0.15) is 0 Å². The summed E-state index contributed by atoms with van der Waals surface area (Å²) in [5.41, 5.74) is 2.61. The van der Waals surface area contributed by atoms with Gasteiger partial charge in [0.25, 0.3) is 6.33 Å². The van der Waals surface area contributed by atoms with Gasteiger partial charge < -0.3 is 17.0 Å². The number of carbonyl (C=O) groups excluding carboxylic acids is 1. The highest BCUT2D eigenvalue weighted by atomic mass is 79.9. The van der Waals surface area contributed by atoms with Crippen molar-refractivity contribution in [1.82, 2.24) is 4.98 Å². The fourth-order valence-electron chi connectivity index (χ4n) is 2.98. The van der Waals surface area contributed by atoms with Crippen molar-refractivity contribution < 1.29 is 26.3 Å². The molecule has 1 aromatic heterocycles. The Morgan fingerprint density at radius 1 is 0.926 bits per heavy atom. The van der Waals surface area contributed by atoms with Crippen molar-refractivity contribution in [3.8, 4) is 11.3 Å². The summed E-state index contributed by atoms with van der Waals surface area (Å²) in [5.74, 6) is 0.0198. The Balaban J connectivity index is 0.00000210. The highest BCUT2D eigenvalue weighted by Gasteiger charge is 2.13. The molecule has 0 radical (unpaired) electrons. The average Bonchev–Trinajstić information content (AvgIpc) is 2.69. The monoisotopic (exact) mass is 438 g/mol. The molecule has 27 heavy (non-hydrogen) atoms. The van der Waals surface area contributed by atoms with Crippen LogP contribution in [0.25, 0.3) is 22.0 Å². The van der Waals surface area contributed by atoms with Crippen molar-refractivity contribution in [1.29, 1.82) is 0 Å². The molecule has 4 rings (SSSR count). The molecule has 0 aliphatic rings. The van der Waals surface area contributed by atoms with Gasteiger partial charge in [0.05, 0.1) is 6.20 Å². The first-order valence-electron chi connectivity index (χ1n) is 8.33. The maximum atomic E-state index is 12.4. The predicted molar refractivity (Wildman–Crippen MR) is 103 cm³/mol. The van der Waals surface area contributed by atoms with Crippen molar-refractivity contribution in [3.63, 3.8) is 0 Å². The lowest BCUT2D eigenvalue weighted by Gasteiger charge is -2.04. The molecule has 0 aliphatic heterocycles. The Morgan fingerprint density at radius 3 is 2.41 bits per heavy atom. The standard InChI is InChI=1S/C22H16ClN2O.BrH/c23-18-10-8-17(9-11-18)22(26)14-25-13-12-21(24-15-25)20-7-3-5-16-4-1-2-6-19(16)20;/h1-13,15H,14H2;1H/q+1;/p-1. The zero-order chi connectivity index (χ0) is 17.9. The Kier molecular flexibility index (Phi) is 5.99. The number of hydrogen-bond acceptors (Lipinski definition) is 2. The van der Waals surface area contributed by atoms with Crippen LogP contribution >= 0.6 is 11.6 Å². The number of hydrogen-bond donors (Lipinski definition) is 0. The first kappa shape index (κ1) is 19.2. The number of rotatable bonds is 4. The van der Waals surface area contributed by atoms with Gasteiger partial charge in [-0.25, -0.2) is 4.57 Å². The third-order valence-electron chi connectivity index (χ3n) is 4.33. The van der Waals surface area contributed by atoms with Crippen LogP contribution in [0.2, 0.25) is 5.02 Å². The molecule has 5 heteroatoms. The van der Waals surface area contributed by atoms with Crippen LogP contribution in [0.1, 0.15) is 10.4 Å². The summed E-state index contributed by atoms with van der Waals surface area (Å²) in [6, 6.07) is 23.3. The van der Waals surface area contributed by atoms with E-state index in [1.54, 1.807) is 35.2 Å². The normalized spacial score (nSPS) is 10.4. The van der Waals surface area contributed by atoms with Gasteiger partial charge in [0.2, 0.25) is 5.78 Å². The van der Waals surface area contributed by atoms with E-state index in [0.717, 1.165) is 16.6 Å². The first-order valence-corrected chi connectivity index (χ1v) is 8.70. The van der Waals surface area contributed by atoms with Gasteiger partial charge in [0, 0.05) is 22.2 Å². The lowest BCUT2D eigenvalue weighted by Crippen LogP contribution is -3.00. The molecule has 4 aromatic rings. The molecular formula is C22H16BrClN2O. The van der Waals surface area contributed by atoms with Gasteiger partial charge >= 0.3 is 0 Å². The fraction of sp³-hybridized carbons (Fsp3) is 0.0455. The average molecular weight is 440 g/mol. The van der Waals surface area contributed by atoms with Crippen molar-refractivity contribution in [2.75, 3.05) is 0 Å². The van der Waals surface area contributed by atoms with Crippen LogP contribution in [0.3, 0.4) is 0 Å². The van der Waals surface area contributed by atoms with E-state index in [2.05, 4.69) is 29.2 Å². The molecule has 0 atom stereocenters. The molecule has 0 bridgehead atoms. The first-order chi connectivity index (χ1) is 12.7. The van der Waals surface area contributed by atoms with E-state index in [0.29, 0.717) is 10.6 Å². The number of Topliss-reactive ketones (excluding diaryl/α,β-unsaturated/α-hetero) is 1. The third kappa shape index (κ3) is 4.24. The van der Waals surface area contributed by atoms with E-state index in [1.165, 1.54) is 5.39 Å². The van der Waals surface area contributed by atoms with Crippen LogP contribution in [-0.4, -0.2) is 10.8 Å². The van der Waals surface area contributed by atoms with Crippen molar-refractivity contribution in [2.45, 2.75) is 6.54 Å².